The molecule has 1 heterocycles. The van der Waals surface area contributed by atoms with Gasteiger partial charge in [0.1, 0.15) is 0 Å². The maximum absolute atomic E-state index is 12.5. The summed E-state index contributed by atoms with van der Waals surface area (Å²) in [6.45, 7) is 1.98. The fraction of sp³-hybridized carbons (Fsp3) is 0.125. The van der Waals surface area contributed by atoms with Gasteiger partial charge in [-0.15, -0.1) is 10.2 Å². The normalized spacial score (nSPS) is 12.0. The maximum Gasteiger partial charge on any atom is 0.193 e. The van der Waals surface area contributed by atoms with Crippen molar-refractivity contribution in [1.82, 2.24) is 20.6 Å². The molecule has 3 rings (SSSR count). The summed E-state index contributed by atoms with van der Waals surface area (Å²) in [6, 6.07) is 16.8. The van der Waals surface area contributed by atoms with E-state index in [2.05, 4.69) is 20.6 Å². The van der Waals surface area contributed by atoms with Gasteiger partial charge in [0.25, 0.3) is 0 Å². The summed E-state index contributed by atoms with van der Waals surface area (Å²) < 4.78 is 0. The van der Waals surface area contributed by atoms with Gasteiger partial charge in [0, 0.05) is 17.0 Å². The van der Waals surface area contributed by atoms with Crippen LogP contribution in [0, 0.1) is 0 Å². The number of benzene rings is 2. The van der Waals surface area contributed by atoms with Gasteiger partial charge in [-0.25, -0.2) is 0 Å². The van der Waals surface area contributed by atoms with Gasteiger partial charge in [-0.1, -0.05) is 60.7 Å². The molecule has 0 unspecified atom stereocenters. The molecule has 0 radical (unpaired) electrons. The second-order valence-electron chi connectivity index (χ2n) is 4.81. The third kappa shape index (κ3) is 2.72. The number of carbonyl (C=O) groups is 1. The van der Waals surface area contributed by atoms with Crippen molar-refractivity contribution in [3.05, 3.63) is 77.1 Å². The van der Waals surface area contributed by atoms with E-state index in [1.807, 2.05) is 61.5 Å². The molecule has 0 amide bonds. The van der Waals surface area contributed by atoms with E-state index in [-0.39, 0.29) is 11.7 Å². The molecule has 104 valence electrons. The van der Waals surface area contributed by atoms with E-state index in [0.29, 0.717) is 17.0 Å². The molecule has 0 aliphatic carbocycles. The summed E-state index contributed by atoms with van der Waals surface area (Å²) in [4.78, 5) is 12.5. The van der Waals surface area contributed by atoms with Gasteiger partial charge in [0.15, 0.2) is 11.6 Å². The molecule has 0 fully saturated rings. The fourth-order valence-corrected chi connectivity index (χ4v) is 2.21. The summed E-state index contributed by atoms with van der Waals surface area (Å²) in [5.41, 5.74) is 2.33. The highest BCUT2D eigenvalue weighted by Crippen LogP contribution is 2.22. The molecule has 1 atom stereocenters. The van der Waals surface area contributed by atoms with E-state index in [1.54, 1.807) is 0 Å². The number of hydrogen-bond donors (Lipinski definition) is 1. The lowest BCUT2D eigenvalue weighted by molar-refractivity contribution is 0.103. The molecule has 5 nitrogen and oxygen atoms in total. The van der Waals surface area contributed by atoms with Gasteiger partial charge in [-0.05, 0) is 11.6 Å². The van der Waals surface area contributed by atoms with Crippen LogP contribution in [0.2, 0.25) is 0 Å². The first-order chi connectivity index (χ1) is 10.3. The number of tetrazole rings is 1. The molecular formula is C16H14N4O. The summed E-state index contributed by atoms with van der Waals surface area (Å²) in [5, 5.41) is 14.0. The first kappa shape index (κ1) is 13.2. The van der Waals surface area contributed by atoms with Crippen molar-refractivity contribution in [3.8, 4) is 0 Å². The lowest BCUT2D eigenvalue weighted by Crippen LogP contribution is -2.04. The van der Waals surface area contributed by atoms with E-state index in [1.165, 1.54) is 0 Å². The highest BCUT2D eigenvalue weighted by atomic mass is 16.1. The van der Waals surface area contributed by atoms with Gasteiger partial charge < -0.3 is 0 Å². The largest absolute Gasteiger partial charge is 0.289 e. The molecule has 0 saturated carbocycles. The molecule has 1 N–H and O–H groups in total. The van der Waals surface area contributed by atoms with Crippen LogP contribution < -0.4 is 0 Å². The van der Waals surface area contributed by atoms with E-state index >= 15 is 0 Å². The van der Waals surface area contributed by atoms with E-state index in [4.69, 9.17) is 0 Å². The molecule has 1 aromatic heterocycles. The Morgan fingerprint density at radius 3 is 2.52 bits per heavy atom. The van der Waals surface area contributed by atoms with Crippen LogP contribution in [-0.2, 0) is 0 Å². The SMILES string of the molecule is C[C@H](c1cccc(C(=O)c2ccccc2)c1)c1nn[nH]n1. The van der Waals surface area contributed by atoms with Gasteiger partial charge in [-0.2, -0.15) is 5.21 Å². The number of carbonyl (C=O) groups excluding carboxylic acids is 1. The minimum absolute atomic E-state index is 0.0118. The topological polar surface area (TPSA) is 71.5 Å². The summed E-state index contributed by atoms with van der Waals surface area (Å²) >= 11 is 0. The zero-order valence-corrected chi connectivity index (χ0v) is 11.5. The van der Waals surface area contributed by atoms with Crippen molar-refractivity contribution in [2.24, 2.45) is 0 Å². The molecule has 0 aliphatic rings. The minimum Gasteiger partial charge on any atom is -0.289 e. The standard InChI is InChI=1S/C16H14N4O/c1-11(16-17-19-20-18-16)13-8-5-9-14(10-13)15(21)12-6-3-2-4-7-12/h2-11H,1H3,(H,17,18,19,20)/t11-/m1/s1. The van der Waals surface area contributed by atoms with Crippen molar-refractivity contribution in [1.29, 1.82) is 0 Å². The van der Waals surface area contributed by atoms with Crippen LogP contribution in [-0.4, -0.2) is 26.4 Å². The zero-order valence-electron chi connectivity index (χ0n) is 11.5. The Hall–Kier alpha value is -2.82. The average molecular weight is 278 g/mol. The quantitative estimate of drug-likeness (QED) is 0.744. The first-order valence-corrected chi connectivity index (χ1v) is 6.69. The van der Waals surface area contributed by atoms with E-state index < -0.39 is 0 Å². The summed E-state index contributed by atoms with van der Waals surface area (Å²) in [5.74, 6) is 0.601. The molecule has 3 aromatic rings. The van der Waals surface area contributed by atoms with Crippen LogP contribution in [0.3, 0.4) is 0 Å². The van der Waals surface area contributed by atoms with E-state index in [9.17, 15) is 4.79 Å². The average Bonchev–Trinajstić information content (AvgIpc) is 3.09. The van der Waals surface area contributed by atoms with Crippen molar-refractivity contribution < 1.29 is 4.79 Å². The number of ketones is 1. The van der Waals surface area contributed by atoms with Crippen LogP contribution in [0.25, 0.3) is 0 Å². The summed E-state index contributed by atoms with van der Waals surface area (Å²) in [7, 11) is 0. The fourth-order valence-electron chi connectivity index (χ4n) is 2.21. The number of nitrogens with one attached hydrogen (secondary N) is 1. The van der Waals surface area contributed by atoms with Crippen LogP contribution >= 0.6 is 0 Å². The van der Waals surface area contributed by atoms with Crippen molar-refractivity contribution >= 4 is 5.78 Å². The van der Waals surface area contributed by atoms with Crippen molar-refractivity contribution in [2.45, 2.75) is 12.8 Å². The maximum atomic E-state index is 12.5. The number of aromatic amines is 1. The number of rotatable bonds is 4. The smallest absolute Gasteiger partial charge is 0.193 e. The first-order valence-electron chi connectivity index (χ1n) is 6.69. The van der Waals surface area contributed by atoms with Crippen LogP contribution in [0.1, 0.15) is 40.2 Å². The zero-order chi connectivity index (χ0) is 14.7. The Morgan fingerprint density at radius 2 is 1.81 bits per heavy atom. The molecule has 0 bridgehead atoms. The summed E-state index contributed by atoms with van der Waals surface area (Å²) in [6.07, 6.45) is 0. The molecule has 0 aliphatic heterocycles. The van der Waals surface area contributed by atoms with Gasteiger partial charge in [0.2, 0.25) is 0 Å². The van der Waals surface area contributed by atoms with Gasteiger partial charge in [-0.3, -0.25) is 4.79 Å². The lowest BCUT2D eigenvalue weighted by Gasteiger charge is -2.09. The second kappa shape index (κ2) is 5.66. The Balaban J connectivity index is 1.92. The predicted molar refractivity (Wildman–Crippen MR) is 78.0 cm³/mol. The highest BCUT2D eigenvalue weighted by Gasteiger charge is 2.15. The second-order valence-corrected chi connectivity index (χ2v) is 4.81. The van der Waals surface area contributed by atoms with E-state index in [0.717, 1.165) is 5.56 Å². The Kier molecular flexibility index (Phi) is 3.55. The number of nitrogens with zero attached hydrogens (tertiary/aromatic N) is 3. The number of H-pyrrole nitrogens is 1. The minimum atomic E-state index is -0.0210. The highest BCUT2D eigenvalue weighted by molar-refractivity contribution is 6.09. The van der Waals surface area contributed by atoms with Crippen LogP contribution in [0.15, 0.2) is 54.6 Å². The molecule has 5 heteroatoms. The Morgan fingerprint density at radius 1 is 1.05 bits per heavy atom. The molecule has 0 saturated heterocycles. The predicted octanol–water partition coefficient (Wildman–Crippen LogP) is 2.58. The van der Waals surface area contributed by atoms with Gasteiger partial charge in [0.05, 0.1) is 0 Å². The molecule has 0 spiro atoms. The molecule has 2 aromatic carbocycles. The monoisotopic (exact) mass is 278 g/mol. The molecular weight excluding hydrogens is 264 g/mol. The molecule has 21 heavy (non-hydrogen) atoms. The van der Waals surface area contributed by atoms with Crippen LogP contribution in [0.4, 0.5) is 0 Å². The third-order valence-corrected chi connectivity index (χ3v) is 3.43. The van der Waals surface area contributed by atoms with Crippen LogP contribution in [0.5, 0.6) is 0 Å². The van der Waals surface area contributed by atoms with Gasteiger partial charge >= 0.3 is 0 Å². The Labute approximate surface area is 122 Å². The van der Waals surface area contributed by atoms with Crippen molar-refractivity contribution in [3.63, 3.8) is 0 Å². The van der Waals surface area contributed by atoms with Crippen molar-refractivity contribution in [2.75, 3.05) is 0 Å². The number of aromatic nitrogens is 4. The number of hydrogen-bond acceptors (Lipinski definition) is 4. The Bertz CT molecular complexity index is 738. The third-order valence-electron chi connectivity index (χ3n) is 3.43. The lowest BCUT2D eigenvalue weighted by atomic mass is 9.95.